The number of fused-ring (bicyclic) bond motifs is 1. The normalized spacial score (nSPS) is 17.5. The number of carbonyl (C=O) groups is 2. The summed E-state index contributed by atoms with van der Waals surface area (Å²) >= 11 is 1.57. The fraction of sp³-hybridized carbons (Fsp3) is 0.500. The van der Waals surface area contributed by atoms with E-state index < -0.39 is 0 Å². The zero-order valence-corrected chi connectivity index (χ0v) is 14.3. The van der Waals surface area contributed by atoms with Crippen molar-refractivity contribution in [2.24, 2.45) is 0 Å². The molecule has 0 radical (unpaired) electrons. The van der Waals surface area contributed by atoms with Crippen molar-refractivity contribution in [2.45, 2.75) is 49.8 Å². The van der Waals surface area contributed by atoms with Gasteiger partial charge in [-0.15, -0.1) is 11.8 Å². The van der Waals surface area contributed by atoms with Crippen molar-refractivity contribution in [3.8, 4) is 0 Å². The molecule has 0 saturated heterocycles. The van der Waals surface area contributed by atoms with Crippen LogP contribution in [0.2, 0.25) is 0 Å². The maximum atomic E-state index is 11.7. The van der Waals surface area contributed by atoms with Gasteiger partial charge in [0.1, 0.15) is 0 Å². The number of urea groups is 1. The minimum Gasteiger partial charge on any atom is -0.338 e. The highest BCUT2D eigenvalue weighted by molar-refractivity contribution is 8.00. The smallest absolute Gasteiger partial charge is 0.315 e. The lowest BCUT2D eigenvalue weighted by atomic mass is 10.1. The van der Waals surface area contributed by atoms with E-state index in [0.717, 1.165) is 22.6 Å². The minimum absolute atomic E-state index is 0.0392. The van der Waals surface area contributed by atoms with Gasteiger partial charge in [-0.1, -0.05) is 6.07 Å². The third-order valence-electron chi connectivity index (χ3n) is 3.16. The molecular formula is C16H23N3O2S. The molecule has 1 aromatic carbocycles. The number of thioether (sulfide) groups is 1. The molecular weight excluding hydrogens is 298 g/mol. The van der Waals surface area contributed by atoms with Gasteiger partial charge in [-0.05, 0) is 51.8 Å². The maximum absolute atomic E-state index is 11.7. The third-order valence-corrected chi connectivity index (χ3v) is 4.34. The number of nitrogens with one attached hydrogen (secondary N) is 3. The molecule has 1 aliphatic rings. The van der Waals surface area contributed by atoms with Gasteiger partial charge in [-0.25, -0.2) is 4.79 Å². The second-order valence-corrected chi connectivity index (χ2v) is 7.84. The largest absolute Gasteiger partial charge is 0.338 e. The van der Waals surface area contributed by atoms with E-state index >= 15 is 0 Å². The fourth-order valence-corrected chi connectivity index (χ4v) is 3.05. The first-order valence-corrected chi connectivity index (χ1v) is 8.29. The van der Waals surface area contributed by atoms with Crippen LogP contribution >= 0.6 is 11.8 Å². The lowest BCUT2D eigenvalue weighted by Crippen LogP contribution is -2.46. The average Bonchev–Trinajstić information content (AvgIpc) is 2.38. The van der Waals surface area contributed by atoms with Gasteiger partial charge >= 0.3 is 6.03 Å². The van der Waals surface area contributed by atoms with E-state index in [1.807, 2.05) is 45.9 Å². The molecule has 120 valence electrons. The summed E-state index contributed by atoms with van der Waals surface area (Å²) in [6.45, 7) is 8.28. The van der Waals surface area contributed by atoms with Gasteiger partial charge in [0.05, 0.1) is 10.9 Å². The van der Waals surface area contributed by atoms with Crippen molar-refractivity contribution in [3.05, 3.63) is 23.8 Å². The highest BCUT2D eigenvalue weighted by Gasteiger charge is 2.22. The Morgan fingerprint density at radius 1 is 1.36 bits per heavy atom. The maximum Gasteiger partial charge on any atom is 0.315 e. The third kappa shape index (κ3) is 4.66. The zero-order valence-electron chi connectivity index (χ0n) is 13.4. The van der Waals surface area contributed by atoms with Crippen LogP contribution in [0.3, 0.4) is 0 Å². The summed E-state index contributed by atoms with van der Waals surface area (Å²) in [7, 11) is 0. The molecule has 6 heteroatoms. The molecule has 0 aliphatic carbocycles. The Balaban J connectivity index is 1.88. The van der Waals surface area contributed by atoms with Crippen LogP contribution in [0.5, 0.6) is 0 Å². The number of rotatable bonds is 3. The molecule has 1 unspecified atom stereocenters. The molecule has 1 atom stereocenters. The molecule has 0 aromatic heterocycles. The van der Waals surface area contributed by atoms with Gasteiger partial charge in [0.15, 0.2) is 0 Å². The van der Waals surface area contributed by atoms with Crippen LogP contribution in [0.25, 0.3) is 0 Å². The zero-order chi connectivity index (χ0) is 16.3. The molecule has 1 heterocycles. The van der Waals surface area contributed by atoms with Crippen LogP contribution in [0.1, 0.15) is 33.3 Å². The fourth-order valence-electron chi connectivity index (χ4n) is 2.12. The first-order valence-electron chi connectivity index (χ1n) is 7.41. The van der Waals surface area contributed by atoms with E-state index in [9.17, 15) is 9.59 Å². The van der Waals surface area contributed by atoms with Gasteiger partial charge in [0.25, 0.3) is 0 Å². The Morgan fingerprint density at radius 2 is 2.09 bits per heavy atom. The van der Waals surface area contributed by atoms with Crippen LogP contribution in [-0.4, -0.2) is 29.3 Å². The van der Waals surface area contributed by atoms with Gasteiger partial charge in [-0.2, -0.15) is 0 Å². The highest BCUT2D eigenvalue weighted by atomic mass is 32.2. The van der Waals surface area contributed by atoms with Gasteiger partial charge < -0.3 is 16.0 Å². The number of hydrogen-bond donors (Lipinski definition) is 3. The van der Waals surface area contributed by atoms with Gasteiger partial charge in [0, 0.05) is 17.0 Å². The summed E-state index contributed by atoms with van der Waals surface area (Å²) in [5.41, 5.74) is 1.71. The van der Waals surface area contributed by atoms with E-state index in [-0.39, 0.29) is 22.7 Å². The Bertz CT molecular complexity index is 581. The molecule has 2 rings (SSSR count). The highest BCUT2D eigenvalue weighted by Crippen LogP contribution is 2.35. The summed E-state index contributed by atoms with van der Waals surface area (Å²) in [6, 6.07) is 5.89. The number of hydrogen-bond acceptors (Lipinski definition) is 3. The Morgan fingerprint density at radius 3 is 2.77 bits per heavy atom. The number of amides is 3. The van der Waals surface area contributed by atoms with Gasteiger partial charge in [-0.3, -0.25) is 4.79 Å². The van der Waals surface area contributed by atoms with E-state index in [1.54, 1.807) is 11.8 Å². The summed E-state index contributed by atoms with van der Waals surface area (Å²) in [6.07, 6.45) is 0.723. The standard InChI is InChI=1S/C16H23N3O2S/c1-10-14(20)18-12-9-11(5-6-13(12)22-10)7-8-17-15(21)19-16(2,3)4/h5-6,9-10H,7-8H2,1-4H3,(H,18,20)(H2,17,19,21). The Kier molecular flexibility index (Phi) is 5.01. The lowest BCUT2D eigenvalue weighted by Gasteiger charge is -2.22. The van der Waals surface area contributed by atoms with E-state index in [1.165, 1.54) is 0 Å². The van der Waals surface area contributed by atoms with Crippen molar-refractivity contribution >= 4 is 29.4 Å². The molecule has 1 aliphatic heterocycles. The van der Waals surface area contributed by atoms with Crippen LogP contribution in [0.15, 0.2) is 23.1 Å². The predicted molar refractivity (Wildman–Crippen MR) is 90.4 cm³/mol. The van der Waals surface area contributed by atoms with Crippen LogP contribution < -0.4 is 16.0 Å². The molecule has 5 nitrogen and oxygen atoms in total. The molecule has 0 fully saturated rings. The van der Waals surface area contributed by atoms with Crippen LogP contribution in [0, 0.1) is 0 Å². The van der Waals surface area contributed by atoms with Crippen molar-refractivity contribution < 1.29 is 9.59 Å². The minimum atomic E-state index is -0.242. The lowest BCUT2D eigenvalue weighted by molar-refractivity contribution is -0.115. The second-order valence-electron chi connectivity index (χ2n) is 6.46. The predicted octanol–water partition coefficient (Wildman–Crippen LogP) is 2.76. The first-order chi connectivity index (χ1) is 10.2. The average molecular weight is 321 g/mol. The molecule has 0 bridgehead atoms. The topological polar surface area (TPSA) is 70.2 Å². The van der Waals surface area contributed by atoms with Crippen molar-refractivity contribution in [1.29, 1.82) is 0 Å². The molecule has 3 amide bonds. The summed E-state index contributed by atoms with van der Waals surface area (Å²) in [5, 5.41) is 8.56. The van der Waals surface area contributed by atoms with E-state index in [2.05, 4.69) is 16.0 Å². The molecule has 22 heavy (non-hydrogen) atoms. The van der Waals surface area contributed by atoms with Crippen LogP contribution in [-0.2, 0) is 11.2 Å². The molecule has 0 saturated carbocycles. The Labute approximate surface area is 135 Å². The molecule has 0 spiro atoms. The molecule has 1 aromatic rings. The van der Waals surface area contributed by atoms with E-state index in [4.69, 9.17) is 0 Å². The summed E-state index contributed by atoms with van der Waals surface area (Å²) in [4.78, 5) is 24.5. The van der Waals surface area contributed by atoms with Crippen LogP contribution in [0.4, 0.5) is 10.5 Å². The SMILES string of the molecule is CC1Sc2ccc(CCNC(=O)NC(C)(C)C)cc2NC1=O. The second kappa shape index (κ2) is 6.60. The quantitative estimate of drug-likeness (QED) is 0.802. The summed E-state index contributed by atoms with van der Waals surface area (Å²) < 4.78 is 0. The number of carbonyl (C=O) groups excluding carboxylic acids is 2. The van der Waals surface area contributed by atoms with Crippen molar-refractivity contribution in [1.82, 2.24) is 10.6 Å². The van der Waals surface area contributed by atoms with Crippen molar-refractivity contribution in [3.63, 3.8) is 0 Å². The Hall–Kier alpha value is -1.69. The van der Waals surface area contributed by atoms with Gasteiger partial charge in [0.2, 0.25) is 5.91 Å². The number of benzene rings is 1. The first kappa shape index (κ1) is 16.7. The number of anilines is 1. The van der Waals surface area contributed by atoms with E-state index in [0.29, 0.717) is 6.54 Å². The summed E-state index contributed by atoms with van der Waals surface area (Å²) in [5.74, 6) is 0.0392. The monoisotopic (exact) mass is 321 g/mol. The molecule has 3 N–H and O–H groups in total. The van der Waals surface area contributed by atoms with Crippen molar-refractivity contribution in [2.75, 3.05) is 11.9 Å².